The van der Waals surface area contributed by atoms with E-state index in [4.69, 9.17) is 0 Å². The molecule has 0 aliphatic heterocycles. The smallest absolute Gasteiger partial charge is 0.306 e. The molecule has 1 rings (SSSR count). The Hall–Kier alpha value is -1.36. The Bertz CT molecular complexity index is 336. The molecule has 0 radical (unpaired) electrons. The van der Waals surface area contributed by atoms with Crippen molar-refractivity contribution in [3.05, 3.63) is 18.0 Å². The van der Waals surface area contributed by atoms with E-state index in [1.807, 2.05) is 24.8 Å². The summed E-state index contributed by atoms with van der Waals surface area (Å²) in [7, 11) is 5.35. The number of aryl methyl sites for hydroxylation is 1. The Morgan fingerprint density at radius 3 is 2.88 bits per heavy atom. The molecule has 0 unspecified atom stereocenters. The minimum absolute atomic E-state index is 0.160. The maximum atomic E-state index is 10.9. The third-order valence-corrected chi connectivity index (χ3v) is 2.60. The second-order valence-electron chi connectivity index (χ2n) is 3.83. The van der Waals surface area contributed by atoms with Gasteiger partial charge < -0.3 is 9.64 Å². The zero-order chi connectivity index (χ0) is 12.0. The number of esters is 1. The van der Waals surface area contributed by atoms with Gasteiger partial charge in [0.05, 0.1) is 13.5 Å². The molecule has 0 atom stereocenters. The molecule has 90 valence electrons. The monoisotopic (exact) mass is 225 g/mol. The van der Waals surface area contributed by atoms with E-state index in [9.17, 15) is 4.79 Å². The lowest BCUT2D eigenvalue weighted by atomic mass is 10.3. The van der Waals surface area contributed by atoms with Crippen LogP contribution >= 0.6 is 0 Å². The average molecular weight is 225 g/mol. The topological polar surface area (TPSA) is 47.4 Å². The molecule has 1 heterocycles. The van der Waals surface area contributed by atoms with E-state index >= 15 is 0 Å². The highest BCUT2D eigenvalue weighted by molar-refractivity contribution is 5.69. The Morgan fingerprint density at radius 1 is 1.56 bits per heavy atom. The van der Waals surface area contributed by atoms with Crippen LogP contribution in [-0.2, 0) is 23.0 Å². The molecule has 0 saturated carbocycles. The minimum atomic E-state index is -0.160. The molecule has 5 heteroatoms. The van der Waals surface area contributed by atoms with Gasteiger partial charge in [-0.05, 0) is 13.1 Å². The predicted molar refractivity (Wildman–Crippen MR) is 61.0 cm³/mol. The minimum Gasteiger partial charge on any atom is -0.469 e. The summed E-state index contributed by atoms with van der Waals surface area (Å²) in [4.78, 5) is 13.1. The summed E-state index contributed by atoms with van der Waals surface area (Å²) in [6.45, 7) is 1.64. The van der Waals surface area contributed by atoms with Crippen LogP contribution in [0.5, 0.6) is 0 Å². The Kier molecular flexibility index (Phi) is 4.98. The van der Waals surface area contributed by atoms with E-state index in [-0.39, 0.29) is 5.97 Å². The Balaban J connectivity index is 2.22. The van der Waals surface area contributed by atoms with Crippen LogP contribution in [0.15, 0.2) is 12.3 Å². The van der Waals surface area contributed by atoms with Gasteiger partial charge >= 0.3 is 5.97 Å². The number of hydrogen-bond donors (Lipinski definition) is 0. The van der Waals surface area contributed by atoms with Crippen molar-refractivity contribution < 1.29 is 9.53 Å². The van der Waals surface area contributed by atoms with E-state index in [2.05, 4.69) is 14.7 Å². The number of carbonyl (C=O) groups is 1. The van der Waals surface area contributed by atoms with Gasteiger partial charge in [-0.3, -0.25) is 9.48 Å². The fourth-order valence-electron chi connectivity index (χ4n) is 1.45. The molecule has 0 spiro atoms. The van der Waals surface area contributed by atoms with Crippen LogP contribution in [0.4, 0.5) is 0 Å². The number of carbonyl (C=O) groups excluding carboxylic acids is 1. The number of hydrogen-bond acceptors (Lipinski definition) is 4. The Morgan fingerprint density at radius 2 is 2.31 bits per heavy atom. The van der Waals surface area contributed by atoms with Crippen molar-refractivity contribution in [2.75, 3.05) is 27.2 Å². The molecule has 1 aromatic rings. The number of ether oxygens (including phenoxy) is 1. The van der Waals surface area contributed by atoms with Crippen molar-refractivity contribution in [2.45, 2.75) is 12.8 Å². The first-order valence-electron chi connectivity index (χ1n) is 5.35. The van der Waals surface area contributed by atoms with Crippen molar-refractivity contribution in [1.29, 1.82) is 0 Å². The molecule has 0 N–H and O–H groups in total. The van der Waals surface area contributed by atoms with Gasteiger partial charge in [0, 0.05) is 38.4 Å². The molecule has 0 fully saturated rings. The highest BCUT2D eigenvalue weighted by Gasteiger charge is 2.05. The van der Waals surface area contributed by atoms with Gasteiger partial charge in [0.25, 0.3) is 0 Å². The van der Waals surface area contributed by atoms with Crippen molar-refractivity contribution in [2.24, 2.45) is 7.05 Å². The average Bonchev–Trinajstić information content (AvgIpc) is 2.69. The quantitative estimate of drug-likeness (QED) is 0.660. The lowest BCUT2D eigenvalue weighted by Crippen LogP contribution is -2.25. The highest BCUT2D eigenvalue weighted by atomic mass is 16.5. The SMILES string of the molecule is COC(=O)CCN(C)CCc1ccnn1C. The lowest BCUT2D eigenvalue weighted by Gasteiger charge is -2.15. The molecule has 0 bridgehead atoms. The number of likely N-dealkylation sites (N-methyl/N-ethyl adjacent to an activating group) is 1. The third kappa shape index (κ3) is 4.02. The fourth-order valence-corrected chi connectivity index (χ4v) is 1.45. The summed E-state index contributed by atoms with van der Waals surface area (Å²) in [6, 6.07) is 2.01. The lowest BCUT2D eigenvalue weighted by molar-refractivity contribution is -0.140. The molecular weight excluding hydrogens is 206 g/mol. The molecule has 0 aliphatic rings. The predicted octanol–water partition coefficient (Wildman–Crippen LogP) is 0.457. The van der Waals surface area contributed by atoms with Gasteiger partial charge in [0.15, 0.2) is 0 Å². The normalized spacial score (nSPS) is 10.8. The first kappa shape index (κ1) is 12.7. The summed E-state index contributed by atoms with van der Waals surface area (Å²) in [5.41, 5.74) is 1.20. The number of nitrogens with zero attached hydrogens (tertiary/aromatic N) is 3. The van der Waals surface area contributed by atoms with Crippen molar-refractivity contribution in [3.8, 4) is 0 Å². The molecule has 1 aromatic heterocycles. The van der Waals surface area contributed by atoms with Gasteiger partial charge in [-0.2, -0.15) is 5.10 Å². The molecule has 0 amide bonds. The van der Waals surface area contributed by atoms with Crippen molar-refractivity contribution in [1.82, 2.24) is 14.7 Å². The fraction of sp³-hybridized carbons (Fsp3) is 0.636. The summed E-state index contributed by atoms with van der Waals surface area (Å²) in [6.07, 6.45) is 3.18. The van der Waals surface area contributed by atoms with Gasteiger partial charge in [0.2, 0.25) is 0 Å². The van der Waals surface area contributed by atoms with Crippen molar-refractivity contribution in [3.63, 3.8) is 0 Å². The van der Waals surface area contributed by atoms with Crippen LogP contribution in [0.1, 0.15) is 12.1 Å². The summed E-state index contributed by atoms with van der Waals surface area (Å²) >= 11 is 0. The van der Waals surface area contributed by atoms with E-state index in [1.165, 1.54) is 12.8 Å². The summed E-state index contributed by atoms with van der Waals surface area (Å²) < 4.78 is 6.46. The van der Waals surface area contributed by atoms with Crippen LogP contribution < -0.4 is 0 Å². The van der Waals surface area contributed by atoms with E-state index in [0.717, 1.165) is 19.5 Å². The van der Waals surface area contributed by atoms with Crippen LogP contribution in [0.25, 0.3) is 0 Å². The van der Waals surface area contributed by atoms with Crippen LogP contribution in [0.3, 0.4) is 0 Å². The van der Waals surface area contributed by atoms with Gasteiger partial charge in [-0.25, -0.2) is 0 Å². The number of aromatic nitrogens is 2. The van der Waals surface area contributed by atoms with Crippen LogP contribution in [-0.4, -0.2) is 47.9 Å². The van der Waals surface area contributed by atoms with Gasteiger partial charge in [0.1, 0.15) is 0 Å². The van der Waals surface area contributed by atoms with Crippen molar-refractivity contribution >= 4 is 5.97 Å². The highest BCUT2D eigenvalue weighted by Crippen LogP contribution is 1.99. The van der Waals surface area contributed by atoms with Gasteiger partial charge in [-0.15, -0.1) is 0 Å². The maximum Gasteiger partial charge on any atom is 0.306 e. The van der Waals surface area contributed by atoms with Crippen LogP contribution in [0.2, 0.25) is 0 Å². The zero-order valence-electron chi connectivity index (χ0n) is 10.1. The molecule has 5 nitrogen and oxygen atoms in total. The summed E-state index contributed by atoms with van der Waals surface area (Å²) in [5, 5.41) is 4.11. The third-order valence-electron chi connectivity index (χ3n) is 2.60. The molecule has 16 heavy (non-hydrogen) atoms. The molecular formula is C11H19N3O2. The van der Waals surface area contributed by atoms with Gasteiger partial charge in [-0.1, -0.05) is 0 Å². The second-order valence-corrected chi connectivity index (χ2v) is 3.83. The van der Waals surface area contributed by atoms with E-state index in [1.54, 1.807) is 6.20 Å². The molecule has 0 aliphatic carbocycles. The first-order chi connectivity index (χ1) is 7.63. The Labute approximate surface area is 96.0 Å². The van der Waals surface area contributed by atoms with E-state index in [0.29, 0.717) is 6.42 Å². The standard InChI is InChI=1S/C11H19N3O2/c1-13(9-6-11(15)16-3)8-5-10-4-7-12-14(10)2/h4,7H,5-6,8-9H2,1-3H3. The first-order valence-corrected chi connectivity index (χ1v) is 5.35. The van der Waals surface area contributed by atoms with Crippen LogP contribution in [0, 0.1) is 0 Å². The molecule has 0 aromatic carbocycles. The van der Waals surface area contributed by atoms with E-state index < -0.39 is 0 Å². The number of rotatable bonds is 6. The number of methoxy groups -OCH3 is 1. The zero-order valence-corrected chi connectivity index (χ0v) is 10.1. The summed E-state index contributed by atoms with van der Waals surface area (Å²) in [5.74, 6) is -0.160. The second kappa shape index (κ2) is 6.27. The molecule has 0 saturated heterocycles. The maximum absolute atomic E-state index is 10.9. The largest absolute Gasteiger partial charge is 0.469 e.